The number of carbonyl (C=O) groups excluding carboxylic acids is 2. The fourth-order valence-corrected chi connectivity index (χ4v) is 3.10. The summed E-state index contributed by atoms with van der Waals surface area (Å²) in [6, 6.07) is 19.2. The highest BCUT2D eigenvalue weighted by Gasteiger charge is 2.14. The fraction of sp³-hybridized carbons (Fsp3) is 0.208. The zero-order valence-corrected chi connectivity index (χ0v) is 16.2. The summed E-state index contributed by atoms with van der Waals surface area (Å²) in [7, 11) is 0. The smallest absolute Gasteiger partial charge is 0.251 e. The zero-order valence-electron chi connectivity index (χ0n) is 16.2. The Hall–Kier alpha value is -3.27. The average molecular weight is 372 g/mol. The minimum Gasteiger partial charge on any atom is -0.345 e. The molecule has 0 fully saturated rings. The van der Waals surface area contributed by atoms with Crippen molar-refractivity contribution in [3.63, 3.8) is 0 Å². The van der Waals surface area contributed by atoms with E-state index in [9.17, 15) is 9.59 Å². The lowest BCUT2D eigenvalue weighted by Crippen LogP contribution is -2.27. The summed E-state index contributed by atoms with van der Waals surface area (Å²) in [5, 5.41) is 2.99. The molecule has 3 rings (SSSR count). The summed E-state index contributed by atoms with van der Waals surface area (Å²) in [6.07, 6.45) is 5.06. The number of rotatable bonds is 7. The Morgan fingerprint density at radius 1 is 0.929 bits per heavy atom. The van der Waals surface area contributed by atoms with Gasteiger partial charge in [-0.25, -0.2) is 0 Å². The number of pyridine rings is 1. The molecule has 0 spiro atoms. The minimum absolute atomic E-state index is 0.0454. The molecule has 0 aliphatic carbocycles. The van der Waals surface area contributed by atoms with Gasteiger partial charge in [0, 0.05) is 23.5 Å². The van der Waals surface area contributed by atoms with Crippen LogP contribution in [0.2, 0.25) is 0 Å². The van der Waals surface area contributed by atoms with Crippen molar-refractivity contribution >= 4 is 11.7 Å². The van der Waals surface area contributed by atoms with Crippen LogP contribution in [0, 0.1) is 0 Å². The van der Waals surface area contributed by atoms with E-state index in [1.54, 1.807) is 18.5 Å². The molecule has 4 nitrogen and oxygen atoms in total. The van der Waals surface area contributed by atoms with E-state index < -0.39 is 0 Å². The molecule has 0 saturated carbocycles. The van der Waals surface area contributed by atoms with E-state index in [1.807, 2.05) is 49.4 Å². The van der Waals surface area contributed by atoms with Crippen molar-refractivity contribution in [2.24, 2.45) is 0 Å². The first-order chi connectivity index (χ1) is 13.5. The number of Topliss-reactive ketones (excluding diaryl/α,β-unsaturated/α-hetero) is 1. The van der Waals surface area contributed by atoms with E-state index in [0.717, 1.165) is 24.0 Å². The van der Waals surface area contributed by atoms with Crippen LogP contribution in [-0.2, 0) is 12.8 Å². The molecule has 0 aliphatic rings. The number of aryl methyl sites for hydroxylation is 2. The SMILES string of the molecule is CC(=O)c1cc(CCc2ccccc2)cc(C(=O)NC(C)c2cccnc2)c1. The number of benzene rings is 2. The van der Waals surface area contributed by atoms with Crippen molar-refractivity contribution in [2.45, 2.75) is 32.7 Å². The molecule has 0 bridgehead atoms. The molecule has 1 N–H and O–H groups in total. The van der Waals surface area contributed by atoms with Crippen LogP contribution in [0.3, 0.4) is 0 Å². The van der Waals surface area contributed by atoms with Crippen molar-refractivity contribution in [3.05, 3.63) is 101 Å². The Bertz CT molecular complexity index is 953. The van der Waals surface area contributed by atoms with Crippen molar-refractivity contribution in [3.8, 4) is 0 Å². The highest BCUT2D eigenvalue weighted by Crippen LogP contribution is 2.16. The van der Waals surface area contributed by atoms with Gasteiger partial charge in [-0.2, -0.15) is 0 Å². The standard InChI is InChI=1S/C24H24N2O2/c1-17(21-9-6-12-25-16-21)26-24(28)23-14-20(13-22(15-23)18(2)27)11-10-19-7-4-3-5-8-19/h3-9,12-17H,10-11H2,1-2H3,(H,26,28). The number of amides is 1. The molecule has 28 heavy (non-hydrogen) atoms. The van der Waals surface area contributed by atoms with E-state index in [4.69, 9.17) is 0 Å². The molecule has 0 saturated heterocycles. The van der Waals surface area contributed by atoms with Crippen molar-refractivity contribution < 1.29 is 9.59 Å². The molecule has 1 aromatic heterocycles. The molecule has 1 amide bonds. The van der Waals surface area contributed by atoms with E-state index in [2.05, 4.69) is 22.4 Å². The Kier molecular flexibility index (Phi) is 6.33. The molecule has 1 unspecified atom stereocenters. The normalized spacial score (nSPS) is 11.6. The second-order valence-corrected chi connectivity index (χ2v) is 6.94. The highest BCUT2D eigenvalue weighted by atomic mass is 16.1. The summed E-state index contributed by atoms with van der Waals surface area (Å²) >= 11 is 0. The van der Waals surface area contributed by atoms with Crippen LogP contribution >= 0.6 is 0 Å². The number of nitrogens with one attached hydrogen (secondary N) is 1. The molecular weight excluding hydrogens is 348 g/mol. The molecule has 0 radical (unpaired) electrons. The number of hydrogen-bond acceptors (Lipinski definition) is 3. The molecule has 4 heteroatoms. The first-order valence-electron chi connectivity index (χ1n) is 9.42. The van der Waals surface area contributed by atoms with Gasteiger partial charge in [-0.3, -0.25) is 14.6 Å². The van der Waals surface area contributed by atoms with Crippen LogP contribution in [0.4, 0.5) is 0 Å². The number of aromatic nitrogens is 1. The number of nitrogens with zero attached hydrogens (tertiary/aromatic N) is 1. The number of ketones is 1. The Morgan fingerprint density at radius 3 is 2.32 bits per heavy atom. The molecule has 0 aliphatic heterocycles. The molecule has 1 heterocycles. The van der Waals surface area contributed by atoms with Crippen LogP contribution in [0.15, 0.2) is 73.1 Å². The quantitative estimate of drug-likeness (QED) is 0.619. The molecular formula is C24H24N2O2. The van der Waals surface area contributed by atoms with Crippen LogP contribution in [0.5, 0.6) is 0 Å². The van der Waals surface area contributed by atoms with Gasteiger partial charge in [0.15, 0.2) is 5.78 Å². The average Bonchev–Trinajstić information content (AvgIpc) is 2.73. The van der Waals surface area contributed by atoms with Gasteiger partial charge in [0.1, 0.15) is 0 Å². The van der Waals surface area contributed by atoms with Crippen molar-refractivity contribution in [1.82, 2.24) is 10.3 Å². The van der Waals surface area contributed by atoms with Gasteiger partial charge in [0.05, 0.1) is 6.04 Å². The number of carbonyl (C=O) groups is 2. The predicted octanol–water partition coefficient (Wildman–Crippen LogP) is 4.56. The van der Waals surface area contributed by atoms with Crippen molar-refractivity contribution in [2.75, 3.05) is 0 Å². The second-order valence-electron chi connectivity index (χ2n) is 6.94. The van der Waals surface area contributed by atoms with Gasteiger partial charge < -0.3 is 5.32 Å². The second kappa shape index (κ2) is 9.09. The van der Waals surface area contributed by atoms with Crippen LogP contribution in [0.1, 0.15) is 57.3 Å². The molecule has 2 aromatic carbocycles. The predicted molar refractivity (Wildman–Crippen MR) is 110 cm³/mol. The maximum Gasteiger partial charge on any atom is 0.251 e. The summed E-state index contributed by atoms with van der Waals surface area (Å²) in [6.45, 7) is 3.44. The lowest BCUT2D eigenvalue weighted by molar-refractivity contribution is 0.0939. The monoisotopic (exact) mass is 372 g/mol. The Morgan fingerprint density at radius 2 is 1.64 bits per heavy atom. The largest absolute Gasteiger partial charge is 0.345 e. The number of hydrogen-bond donors (Lipinski definition) is 1. The Balaban J connectivity index is 1.78. The van der Waals surface area contributed by atoms with Crippen LogP contribution < -0.4 is 5.32 Å². The van der Waals surface area contributed by atoms with E-state index >= 15 is 0 Å². The Labute approximate surface area is 165 Å². The van der Waals surface area contributed by atoms with Gasteiger partial charge in [-0.1, -0.05) is 36.4 Å². The molecule has 1 atom stereocenters. The molecule has 142 valence electrons. The summed E-state index contributed by atoms with van der Waals surface area (Å²) < 4.78 is 0. The van der Waals surface area contributed by atoms with Gasteiger partial charge in [0.2, 0.25) is 0 Å². The van der Waals surface area contributed by atoms with E-state index in [1.165, 1.54) is 12.5 Å². The lowest BCUT2D eigenvalue weighted by Gasteiger charge is -2.15. The zero-order chi connectivity index (χ0) is 19.9. The summed E-state index contributed by atoms with van der Waals surface area (Å²) in [5.74, 6) is -0.240. The van der Waals surface area contributed by atoms with E-state index in [0.29, 0.717) is 11.1 Å². The van der Waals surface area contributed by atoms with Crippen LogP contribution in [-0.4, -0.2) is 16.7 Å². The van der Waals surface area contributed by atoms with Gasteiger partial charge in [0.25, 0.3) is 5.91 Å². The van der Waals surface area contributed by atoms with Gasteiger partial charge >= 0.3 is 0 Å². The maximum atomic E-state index is 12.8. The minimum atomic E-state index is -0.194. The highest BCUT2D eigenvalue weighted by molar-refractivity contribution is 6.00. The third-order valence-corrected chi connectivity index (χ3v) is 4.74. The topological polar surface area (TPSA) is 59.1 Å². The third kappa shape index (κ3) is 5.13. The molecule has 3 aromatic rings. The first kappa shape index (κ1) is 19.5. The van der Waals surface area contributed by atoms with Crippen molar-refractivity contribution in [1.29, 1.82) is 0 Å². The fourth-order valence-electron chi connectivity index (χ4n) is 3.10. The maximum absolute atomic E-state index is 12.8. The van der Waals surface area contributed by atoms with Crippen LogP contribution in [0.25, 0.3) is 0 Å². The first-order valence-corrected chi connectivity index (χ1v) is 9.42. The van der Waals surface area contributed by atoms with E-state index in [-0.39, 0.29) is 17.7 Å². The van der Waals surface area contributed by atoms with Gasteiger partial charge in [-0.15, -0.1) is 0 Å². The summed E-state index contributed by atoms with van der Waals surface area (Å²) in [4.78, 5) is 28.8. The lowest BCUT2D eigenvalue weighted by atomic mass is 9.98. The third-order valence-electron chi connectivity index (χ3n) is 4.74. The summed E-state index contributed by atoms with van der Waals surface area (Å²) in [5.41, 5.74) is 4.21. The van der Waals surface area contributed by atoms with Gasteiger partial charge in [-0.05, 0) is 67.6 Å².